The summed E-state index contributed by atoms with van der Waals surface area (Å²) in [5.74, 6) is -0.0243. The number of nitrogens with one attached hydrogen (secondary N) is 2. The lowest BCUT2D eigenvalue weighted by molar-refractivity contribution is -0.115. The summed E-state index contributed by atoms with van der Waals surface area (Å²) in [6.45, 7) is 6.87. The van der Waals surface area contributed by atoms with Gasteiger partial charge in [-0.3, -0.25) is 4.79 Å². The zero-order chi connectivity index (χ0) is 12.9. The minimum absolute atomic E-state index is 0.0243. The molecule has 17 heavy (non-hydrogen) atoms. The second kappa shape index (κ2) is 6.07. The summed E-state index contributed by atoms with van der Waals surface area (Å²) in [4.78, 5) is 12.6. The summed E-state index contributed by atoms with van der Waals surface area (Å²) in [6.07, 6.45) is 0. The zero-order valence-electron chi connectivity index (χ0n) is 10.8. The van der Waals surface area contributed by atoms with Crippen LogP contribution in [-0.4, -0.2) is 24.2 Å². The molecule has 4 heteroatoms. The lowest BCUT2D eigenvalue weighted by Crippen LogP contribution is -2.24. The summed E-state index contributed by atoms with van der Waals surface area (Å²) in [7, 11) is 1.75. The third-order valence-electron chi connectivity index (χ3n) is 1.90. The fraction of sp³-hybridized carbons (Fsp3) is 0.462. The van der Waals surface area contributed by atoms with Crippen LogP contribution in [0.15, 0.2) is 29.2 Å². The molecule has 0 unspecified atom stereocenters. The lowest BCUT2D eigenvalue weighted by Gasteiger charge is -2.17. The van der Waals surface area contributed by atoms with Crippen LogP contribution < -0.4 is 10.6 Å². The van der Waals surface area contributed by atoms with Crippen LogP contribution in [-0.2, 0) is 4.79 Å². The van der Waals surface area contributed by atoms with Crippen LogP contribution in [0.5, 0.6) is 0 Å². The molecule has 0 aliphatic heterocycles. The normalized spacial score (nSPS) is 11.3. The Morgan fingerprint density at radius 1 is 1.24 bits per heavy atom. The first-order chi connectivity index (χ1) is 7.90. The Morgan fingerprint density at radius 3 is 2.29 bits per heavy atom. The second-order valence-electron chi connectivity index (χ2n) is 4.82. The van der Waals surface area contributed by atoms with E-state index in [9.17, 15) is 4.79 Å². The fourth-order valence-electron chi connectivity index (χ4n) is 1.33. The molecular weight excluding hydrogens is 232 g/mol. The van der Waals surface area contributed by atoms with Crippen LogP contribution >= 0.6 is 11.8 Å². The minimum atomic E-state index is -0.0243. The van der Waals surface area contributed by atoms with Crippen LogP contribution in [0.1, 0.15) is 20.8 Å². The van der Waals surface area contributed by atoms with E-state index in [1.54, 1.807) is 7.05 Å². The van der Waals surface area contributed by atoms with Crippen molar-refractivity contribution in [1.29, 1.82) is 0 Å². The molecule has 0 fully saturated rings. The van der Waals surface area contributed by atoms with Crippen molar-refractivity contribution in [3.63, 3.8) is 0 Å². The number of benzene rings is 1. The monoisotopic (exact) mass is 252 g/mol. The molecule has 0 spiro atoms. The van der Waals surface area contributed by atoms with Gasteiger partial charge in [-0.1, -0.05) is 20.8 Å². The molecule has 0 atom stereocenters. The Hall–Kier alpha value is -1.00. The van der Waals surface area contributed by atoms with Crippen LogP contribution in [0.25, 0.3) is 0 Å². The van der Waals surface area contributed by atoms with Gasteiger partial charge in [-0.2, -0.15) is 0 Å². The van der Waals surface area contributed by atoms with E-state index in [4.69, 9.17) is 0 Å². The summed E-state index contributed by atoms with van der Waals surface area (Å²) in [5.41, 5.74) is 0.837. The maximum atomic E-state index is 11.3. The first-order valence-corrected chi connectivity index (χ1v) is 6.46. The van der Waals surface area contributed by atoms with E-state index in [-0.39, 0.29) is 10.7 Å². The Kier molecular flexibility index (Phi) is 5.02. The summed E-state index contributed by atoms with van der Waals surface area (Å²) < 4.78 is 0.205. The van der Waals surface area contributed by atoms with Gasteiger partial charge in [0.15, 0.2) is 0 Å². The van der Waals surface area contributed by atoms with Gasteiger partial charge in [-0.05, 0) is 31.3 Å². The first kappa shape index (κ1) is 14.1. The molecule has 1 aromatic carbocycles. The SMILES string of the molecule is CNCC(=O)Nc1ccc(SC(C)(C)C)cc1. The van der Waals surface area contributed by atoms with Gasteiger partial charge in [0, 0.05) is 15.3 Å². The van der Waals surface area contributed by atoms with E-state index in [0.717, 1.165) is 5.69 Å². The molecule has 94 valence electrons. The molecule has 0 bridgehead atoms. The van der Waals surface area contributed by atoms with E-state index in [2.05, 4.69) is 31.4 Å². The maximum Gasteiger partial charge on any atom is 0.238 e. The number of carbonyl (C=O) groups is 1. The zero-order valence-corrected chi connectivity index (χ0v) is 11.6. The molecule has 1 rings (SSSR count). The van der Waals surface area contributed by atoms with Crippen molar-refractivity contribution < 1.29 is 4.79 Å². The van der Waals surface area contributed by atoms with Crippen LogP contribution in [0, 0.1) is 0 Å². The Labute approximate surface area is 107 Å². The van der Waals surface area contributed by atoms with Gasteiger partial charge in [-0.25, -0.2) is 0 Å². The average Bonchev–Trinajstić information content (AvgIpc) is 2.19. The van der Waals surface area contributed by atoms with Crippen molar-refractivity contribution in [2.45, 2.75) is 30.4 Å². The number of carbonyl (C=O) groups excluding carboxylic acids is 1. The number of rotatable bonds is 4. The maximum absolute atomic E-state index is 11.3. The van der Waals surface area contributed by atoms with Crippen molar-refractivity contribution in [3.05, 3.63) is 24.3 Å². The Bertz CT molecular complexity index is 368. The second-order valence-corrected chi connectivity index (χ2v) is 6.72. The number of hydrogen-bond donors (Lipinski definition) is 2. The van der Waals surface area contributed by atoms with Gasteiger partial charge in [0.05, 0.1) is 6.54 Å². The highest BCUT2D eigenvalue weighted by Crippen LogP contribution is 2.32. The number of anilines is 1. The molecule has 0 aliphatic carbocycles. The Balaban J connectivity index is 2.59. The standard InChI is InChI=1S/C13H20N2OS/c1-13(2,3)17-11-7-5-10(6-8-11)15-12(16)9-14-4/h5-8,14H,9H2,1-4H3,(H,15,16). The summed E-state index contributed by atoms with van der Waals surface area (Å²) >= 11 is 1.81. The molecule has 1 aromatic rings. The topological polar surface area (TPSA) is 41.1 Å². The molecule has 0 aromatic heterocycles. The number of thioether (sulfide) groups is 1. The average molecular weight is 252 g/mol. The third kappa shape index (κ3) is 5.75. The molecule has 3 nitrogen and oxygen atoms in total. The molecule has 1 amide bonds. The van der Waals surface area contributed by atoms with E-state index in [1.165, 1.54) is 4.90 Å². The van der Waals surface area contributed by atoms with E-state index >= 15 is 0 Å². The molecule has 0 saturated heterocycles. The highest BCUT2D eigenvalue weighted by Gasteiger charge is 2.11. The van der Waals surface area contributed by atoms with Gasteiger partial charge >= 0.3 is 0 Å². The predicted molar refractivity (Wildman–Crippen MR) is 74.6 cm³/mol. The lowest BCUT2D eigenvalue weighted by atomic mass is 10.3. The molecule has 0 aliphatic rings. The Morgan fingerprint density at radius 2 is 1.82 bits per heavy atom. The highest BCUT2D eigenvalue weighted by molar-refractivity contribution is 8.00. The van der Waals surface area contributed by atoms with Crippen LogP contribution in [0.3, 0.4) is 0 Å². The van der Waals surface area contributed by atoms with Gasteiger partial charge < -0.3 is 10.6 Å². The number of hydrogen-bond acceptors (Lipinski definition) is 3. The molecule has 0 heterocycles. The van der Waals surface area contributed by atoms with Crippen molar-refractivity contribution in [2.75, 3.05) is 18.9 Å². The molecular formula is C13H20N2OS. The number of likely N-dealkylation sites (N-methyl/N-ethyl adjacent to an activating group) is 1. The predicted octanol–water partition coefficient (Wildman–Crippen LogP) is 2.74. The van der Waals surface area contributed by atoms with Crippen molar-refractivity contribution in [1.82, 2.24) is 5.32 Å². The van der Waals surface area contributed by atoms with Crippen LogP contribution in [0.2, 0.25) is 0 Å². The molecule has 0 saturated carbocycles. The van der Waals surface area contributed by atoms with Crippen molar-refractivity contribution >= 4 is 23.4 Å². The minimum Gasteiger partial charge on any atom is -0.325 e. The van der Waals surface area contributed by atoms with E-state index in [1.807, 2.05) is 36.0 Å². The van der Waals surface area contributed by atoms with Crippen LogP contribution in [0.4, 0.5) is 5.69 Å². The van der Waals surface area contributed by atoms with Gasteiger partial charge in [0.1, 0.15) is 0 Å². The van der Waals surface area contributed by atoms with Crippen molar-refractivity contribution in [2.24, 2.45) is 0 Å². The number of amides is 1. The van der Waals surface area contributed by atoms with E-state index < -0.39 is 0 Å². The third-order valence-corrected chi connectivity index (χ3v) is 3.02. The first-order valence-electron chi connectivity index (χ1n) is 5.64. The van der Waals surface area contributed by atoms with Gasteiger partial charge in [-0.15, -0.1) is 11.8 Å². The molecule has 2 N–H and O–H groups in total. The smallest absolute Gasteiger partial charge is 0.238 e. The van der Waals surface area contributed by atoms with Gasteiger partial charge in [0.25, 0.3) is 0 Å². The van der Waals surface area contributed by atoms with Gasteiger partial charge in [0.2, 0.25) is 5.91 Å². The summed E-state index contributed by atoms with van der Waals surface area (Å²) in [5, 5.41) is 5.64. The quantitative estimate of drug-likeness (QED) is 0.810. The highest BCUT2D eigenvalue weighted by atomic mass is 32.2. The summed E-state index contributed by atoms with van der Waals surface area (Å²) in [6, 6.07) is 7.93. The largest absolute Gasteiger partial charge is 0.325 e. The fourth-order valence-corrected chi connectivity index (χ4v) is 2.30. The van der Waals surface area contributed by atoms with Crippen molar-refractivity contribution in [3.8, 4) is 0 Å². The molecule has 0 radical (unpaired) electrons. The van der Waals surface area contributed by atoms with E-state index in [0.29, 0.717) is 6.54 Å².